The van der Waals surface area contributed by atoms with E-state index in [1.807, 2.05) is 6.08 Å². The van der Waals surface area contributed by atoms with Crippen molar-refractivity contribution < 1.29 is 19.8 Å². The van der Waals surface area contributed by atoms with Gasteiger partial charge in [0.1, 0.15) is 11.3 Å². The number of thioether (sulfide) groups is 1. The van der Waals surface area contributed by atoms with Crippen LogP contribution in [-0.2, 0) is 4.79 Å². The third-order valence-electron chi connectivity index (χ3n) is 2.15. The van der Waals surface area contributed by atoms with Crippen LogP contribution in [0.25, 0.3) is 6.08 Å². The molecule has 0 bridgehead atoms. The van der Waals surface area contributed by atoms with Crippen molar-refractivity contribution in [2.75, 3.05) is 5.75 Å². The van der Waals surface area contributed by atoms with Crippen LogP contribution in [0.1, 0.15) is 29.3 Å². The Bertz CT molecular complexity index is 480. The van der Waals surface area contributed by atoms with Gasteiger partial charge in [-0.3, -0.25) is 4.79 Å². The van der Waals surface area contributed by atoms with Crippen molar-refractivity contribution in [2.45, 2.75) is 13.3 Å². The van der Waals surface area contributed by atoms with Crippen molar-refractivity contribution in [1.82, 2.24) is 0 Å². The van der Waals surface area contributed by atoms with Gasteiger partial charge >= 0.3 is 5.97 Å². The van der Waals surface area contributed by atoms with Crippen LogP contribution in [0.2, 0.25) is 0 Å². The van der Waals surface area contributed by atoms with E-state index in [0.717, 1.165) is 6.42 Å². The standard InChI is InChI=1S/C13H14O4S/c1-9(14)18-7-3-2-4-10-5-6-12(15)11(8-10)13(16)17/h2,4-6,8,15H,3,7H2,1H3,(H,16,17). The number of phenols is 1. The van der Waals surface area contributed by atoms with E-state index >= 15 is 0 Å². The summed E-state index contributed by atoms with van der Waals surface area (Å²) in [4.78, 5) is 21.5. The lowest BCUT2D eigenvalue weighted by Crippen LogP contribution is -1.96. The summed E-state index contributed by atoms with van der Waals surface area (Å²) >= 11 is 1.25. The first-order valence-corrected chi connectivity index (χ1v) is 6.35. The average molecular weight is 266 g/mol. The zero-order valence-corrected chi connectivity index (χ0v) is 10.7. The highest BCUT2D eigenvalue weighted by atomic mass is 32.2. The van der Waals surface area contributed by atoms with Crippen molar-refractivity contribution in [3.8, 4) is 5.75 Å². The molecule has 0 aliphatic rings. The molecule has 18 heavy (non-hydrogen) atoms. The van der Waals surface area contributed by atoms with Gasteiger partial charge in [-0.1, -0.05) is 30.0 Å². The fourth-order valence-electron chi connectivity index (χ4n) is 1.32. The Morgan fingerprint density at radius 3 is 2.72 bits per heavy atom. The molecule has 1 aromatic rings. The van der Waals surface area contributed by atoms with Gasteiger partial charge in [-0.15, -0.1) is 0 Å². The molecule has 0 aliphatic carbocycles. The Labute approximate surface area is 109 Å². The van der Waals surface area contributed by atoms with E-state index in [1.165, 1.54) is 30.8 Å². The molecule has 1 rings (SSSR count). The maximum Gasteiger partial charge on any atom is 0.339 e. The van der Waals surface area contributed by atoms with Gasteiger partial charge < -0.3 is 10.2 Å². The Hall–Kier alpha value is -1.75. The van der Waals surface area contributed by atoms with Crippen LogP contribution in [-0.4, -0.2) is 27.1 Å². The first-order chi connectivity index (χ1) is 8.50. The zero-order valence-electron chi connectivity index (χ0n) is 9.92. The van der Waals surface area contributed by atoms with E-state index in [9.17, 15) is 14.7 Å². The molecule has 1 aromatic carbocycles. The summed E-state index contributed by atoms with van der Waals surface area (Å²) in [5.74, 6) is -0.697. The summed E-state index contributed by atoms with van der Waals surface area (Å²) in [5, 5.41) is 18.3. The smallest absolute Gasteiger partial charge is 0.339 e. The number of allylic oxidation sites excluding steroid dienone is 1. The van der Waals surface area contributed by atoms with Gasteiger partial charge in [-0.25, -0.2) is 4.79 Å². The highest BCUT2D eigenvalue weighted by Crippen LogP contribution is 2.19. The lowest BCUT2D eigenvalue weighted by molar-refractivity contribution is -0.109. The van der Waals surface area contributed by atoms with Crippen LogP contribution in [0, 0.1) is 0 Å². The van der Waals surface area contributed by atoms with Crippen molar-refractivity contribution in [3.63, 3.8) is 0 Å². The number of carbonyl (C=O) groups excluding carboxylic acids is 1. The molecule has 2 N–H and O–H groups in total. The molecule has 96 valence electrons. The number of aromatic hydroxyl groups is 1. The molecule has 0 unspecified atom stereocenters. The topological polar surface area (TPSA) is 74.6 Å². The predicted molar refractivity (Wildman–Crippen MR) is 71.9 cm³/mol. The number of benzene rings is 1. The highest BCUT2D eigenvalue weighted by Gasteiger charge is 2.08. The summed E-state index contributed by atoms with van der Waals surface area (Å²) in [6, 6.07) is 4.40. The van der Waals surface area contributed by atoms with E-state index in [1.54, 1.807) is 12.1 Å². The van der Waals surface area contributed by atoms with Crippen molar-refractivity contribution in [1.29, 1.82) is 0 Å². The van der Waals surface area contributed by atoms with Gasteiger partial charge in [-0.05, 0) is 24.1 Å². The fourth-order valence-corrected chi connectivity index (χ4v) is 1.86. The van der Waals surface area contributed by atoms with Gasteiger partial charge in [0.25, 0.3) is 0 Å². The van der Waals surface area contributed by atoms with Crippen molar-refractivity contribution >= 4 is 28.9 Å². The normalized spacial score (nSPS) is 10.7. The second kappa shape index (κ2) is 6.86. The van der Waals surface area contributed by atoms with Crippen LogP contribution < -0.4 is 0 Å². The number of aromatic carboxylic acids is 1. The first kappa shape index (κ1) is 14.3. The number of carbonyl (C=O) groups is 2. The fraction of sp³-hybridized carbons (Fsp3) is 0.231. The summed E-state index contributed by atoms with van der Waals surface area (Å²) in [6.07, 6.45) is 4.37. The Morgan fingerprint density at radius 1 is 1.39 bits per heavy atom. The van der Waals surface area contributed by atoms with Gasteiger partial charge in [0.2, 0.25) is 0 Å². The van der Waals surface area contributed by atoms with Crippen LogP contribution in [0.15, 0.2) is 24.3 Å². The average Bonchev–Trinajstić information content (AvgIpc) is 2.30. The third-order valence-corrected chi connectivity index (χ3v) is 3.00. The minimum Gasteiger partial charge on any atom is -0.507 e. The molecule has 0 aromatic heterocycles. The van der Waals surface area contributed by atoms with E-state index in [0.29, 0.717) is 11.3 Å². The summed E-state index contributed by atoms with van der Waals surface area (Å²) in [7, 11) is 0. The molecule has 0 saturated heterocycles. The predicted octanol–water partition coefficient (Wildman–Crippen LogP) is 2.77. The molecule has 0 heterocycles. The summed E-state index contributed by atoms with van der Waals surface area (Å²) in [5.41, 5.74) is 0.591. The number of carboxylic acids is 1. The molecule has 0 radical (unpaired) electrons. The quantitative estimate of drug-likeness (QED) is 0.801. The first-order valence-electron chi connectivity index (χ1n) is 5.37. The van der Waals surface area contributed by atoms with Crippen LogP contribution in [0.5, 0.6) is 5.75 Å². The van der Waals surface area contributed by atoms with E-state index in [2.05, 4.69) is 0 Å². The maximum atomic E-state index is 10.8. The summed E-state index contributed by atoms with van der Waals surface area (Å²) < 4.78 is 0. The SMILES string of the molecule is CC(=O)SCCC=Cc1ccc(O)c(C(=O)O)c1. The van der Waals surface area contributed by atoms with Gasteiger partial charge in [-0.2, -0.15) is 0 Å². The number of hydrogen-bond donors (Lipinski definition) is 2. The number of rotatable bonds is 5. The van der Waals surface area contributed by atoms with E-state index in [-0.39, 0.29) is 16.4 Å². The van der Waals surface area contributed by atoms with Gasteiger partial charge in [0.15, 0.2) is 5.12 Å². The Balaban J connectivity index is 2.62. The molecular weight excluding hydrogens is 252 g/mol. The molecule has 5 heteroatoms. The summed E-state index contributed by atoms with van der Waals surface area (Å²) in [6.45, 7) is 1.52. The Kier molecular flexibility index (Phi) is 5.45. The number of hydrogen-bond acceptors (Lipinski definition) is 4. The molecule has 0 fully saturated rings. The second-order valence-corrected chi connectivity index (χ2v) is 4.88. The molecule has 0 atom stereocenters. The lowest BCUT2D eigenvalue weighted by Gasteiger charge is -2.00. The Morgan fingerprint density at radius 2 is 2.11 bits per heavy atom. The van der Waals surface area contributed by atoms with E-state index < -0.39 is 5.97 Å². The largest absolute Gasteiger partial charge is 0.507 e. The molecule has 0 saturated carbocycles. The van der Waals surface area contributed by atoms with Crippen molar-refractivity contribution in [2.24, 2.45) is 0 Å². The lowest BCUT2D eigenvalue weighted by atomic mass is 10.1. The van der Waals surface area contributed by atoms with E-state index in [4.69, 9.17) is 5.11 Å². The minimum atomic E-state index is -1.16. The molecule has 0 amide bonds. The second-order valence-electron chi connectivity index (χ2n) is 3.61. The van der Waals surface area contributed by atoms with Gasteiger partial charge in [0.05, 0.1) is 0 Å². The minimum absolute atomic E-state index is 0.0844. The molecule has 0 spiro atoms. The maximum absolute atomic E-state index is 10.8. The molecule has 4 nitrogen and oxygen atoms in total. The third kappa shape index (κ3) is 4.63. The van der Waals surface area contributed by atoms with Crippen molar-refractivity contribution in [3.05, 3.63) is 35.4 Å². The van der Waals surface area contributed by atoms with Gasteiger partial charge in [0, 0.05) is 12.7 Å². The van der Waals surface area contributed by atoms with Crippen LogP contribution in [0.4, 0.5) is 0 Å². The molecule has 0 aliphatic heterocycles. The van der Waals surface area contributed by atoms with Crippen LogP contribution >= 0.6 is 11.8 Å². The zero-order chi connectivity index (χ0) is 13.5. The molecular formula is C13H14O4S. The van der Waals surface area contributed by atoms with Crippen LogP contribution in [0.3, 0.4) is 0 Å². The highest BCUT2D eigenvalue weighted by molar-refractivity contribution is 8.13. The monoisotopic (exact) mass is 266 g/mol. The number of carboxylic acid groups (broad SMARTS) is 1.